The quantitative estimate of drug-likeness (QED) is 0.168. The van der Waals surface area contributed by atoms with Gasteiger partial charge in [-0.25, -0.2) is 4.85 Å². The summed E-state index contributed by atoms with van der Waals surface area (Å²) in [6.07, 6.45) is 8.18. The molecule has 0 saturated heterocycles. The van der Waals surface area contributed by atoms with Crippen LogP contribution in [0.25, 0.3) is 22.0 Å². The normalized spacial score (nSPS) is 12.5. The summed E-state index contributed by atoms with van der Waals surface area (Å²) in [6, 6.07) is 33.1. The van der Waals surface area contributed by atoms with E-state index in [9.17, 15) is 4.79 Å². The Morgan fingerprint density at radius 1 is 0.769 bits per heavy atom. The molecule has 1 heterocycles. The van der Waals surface area contributed by atoms with Gasteiger partial charge >= 0.3 is 5.97 Å². The summed E-state index contributed by atoms with van der Waals surface area (Å²) in [7, 11) is 0. The summed E-state index contributed by atoms with van der Waals surface area (Å²) in [4.78, 5) is 25.4. The molecule has 0 atom stereocenters. The molecule has 0 amide bonds. The van der Waals surface area contributed by atoms with Crippen LogP contribution < -0.4 is 15.6 Å². The number of rotatable bonds is 8. The number of hydrogen-bond acceptors (Lipinski definition) is 4. The minimum absolute atomic E-state index is 0.333. The number of nitrogens with zero attached hydrogens (tertiary/aromatic N) is 4. The Hall–Kier alpha value is -5.54. The lowest BCUT2D eigenvalue weighted by Gasteiger charge is -2.25. The van der Waals surface area contributed by atoms with Gasteiger partial charge in [0.05, 0.1) is 17.3 Å². The first-order valence-electron chi connectivity index (χ1n) is 12.3. The van der Waals surface area contributed by atoms with Gasteiger partial charge in [0.15, 0.2) is 0 Å². The molecular weight excluding hydrogens is 484 g/mol. The van der Waals surface area contributed by atoms with Gasteiger partial charge in [-0.05, 0) is 48.0 Å². The van der Waals surface area contributed by atoms with Crippen molar-refractivity contribution in [2.24, 2.45) is 9.98 Å². The van der Waals surface area contributed by atoms with Crippen LogP contribution in [0.2, 0.25) is 0 Å². The topological polar surface area (TPSA) is 69.6 Å². The fourth-order valence-corrected chi connectivity index (χ4v) is 4.38. The molecule has 1 aliphatic rings. The molecule has 5 rings (SSSR count). The highest BCUT2D eigenvalue weighted by molar-refractivity contribution is 5.89. The SMILES string of the molecule is [C-]#[N+]C(=C/C=C/C=C/c1ccc(-c2ccc(N(c3ccccc3)c3ccccc3)cc2)c2c1=NCN=2)C(=O)O. The number of carboxylic acid groups (broad SMARTS) is 1. The number of anilines is 3. The summed E-state index contributed by atoms with van der Waals surface area (Å²) < 4.78 is 0. The summed E-state index contributed by atoms with van der Waals surface area (Å²) >= 11 is 0. The third kappa shape index (κ3) is 5.58. The van der Waals surface area contributed by atoms with E-state index in [0.717, 1.165) is 44.5 Å². The molecule has 0 unspecified atom stereocenters. The van der Waals surface area contributed by atoms with Crippen molar-refractivity contribution >= 4 is 29.1 Å². The van der Waals surface area contributed by atoms with Crippen molar-refractivity contribution in [1.29, 1.82) is 0 Å². The van der Waals surface area contributed by atoms with Crippen molar-refractivity contribution in [3.05, 3.63) is 155 Å². The van der Waals surface area contributed by atoms with Gasteiger partial charge in [-0.15, -0.1) is 0 Å². The maximum absolute atomic E-state index is 10.9. The molecule has 0 aromatic heterocycles. The molecule has 188 valence electrons. The summed E-state index contributed by atoms with van der Waals surface area (Å²) in [6.45, 7) is 7.27. The lowest BCUT2D eigenvalue weighted by molar-refractivity contribution is -0.132. The number of carboxylic acids is 1. The smallest absolute Gasteiger partial charge is 0.333 e. The van der Waals surface area contributed by atoms with E-state index in [0.29, 0.717) is 6.67 Å². The number of fused-ring (bicyclic) bond motifs is 1. The van der Waals surface area contributed by atoms with E-state index in [1.54, 1.807) is 12.2 Å². The van der Waals surface area contributed by atoms with Crippen LogP contribution in [0, 0.1) is 6.57 Å². The summed E-state index contributed by atoms with van der Waals surface area (Å²) in [5, 5.41) is 10.6. The van der Waals surface area contributed by atoms with Crippen LogP contribution in [0.1, 0.15) is 5.56 Å². The van der Waals surface area contributed by atoms with Crippen molar-refractivity contribution in [3.8, 4) is 11.1 Å². The molecule has 4 aromatic carbocycles. The van der Waals surface area contributed by atoms with E-state index in [2.05, 4.69) is 74.3 Å². The second kappa shape index (κ2) is 11.7. The Morgan fingerprint density at radius 2 is 1.38 bits per heavy atom. The van der Waals surface area contributed by atoms with E-state index < -0.39 is 5.97 Å². The van der Waals surface area contributed by atoms with E-state index in [1.165, 1.54) is 12.2 Å². The molecule has 0 fully saturated rings. The van der Waals surface area contributed by atoms with E-state index in [1.807, 2.05) is 48.5 Å². The van der Waals surface area contributed by atoms with Crippen LogP contribution in [0.3, 0.4) is 0 Å². The minimum atomic E-state index is -1.24. The maximum Gasteiger partial charge on any atom is 0.333 e. The molecule has 4 aromatic rings. The first-order valence-corrected chi connectivity index (χ1v) is 12.3. The zero-order valence-electron chi connectivity index (χ0n) is 21.0. The van der Waals surface area contributed by atoms with Crippen LogP contribution >= 0.6 is 0 Å². The van der Waals surface area contributed by atoms with Crippen molar-refractivity contribution < 1.29 is 9.90 Å². The standard InChI is InChI=1S/C33H24N4O2/c1-34-30(33(38)39)16-10-2-5-11-25-19-22-29(32-31(25)35-23-36-32)24-17-20-28(21-18-24)37(26-12-6-3-7-13-26)27-14-8-4-9-15-27/h2-22H,23H2,(H,38,39)/b10-2+,11-5+,30-16?. The monoisotopic (exact) mass is 508 g/mol. The lowest BCUT2D eigenvalue weighted by atomic mass is 10.0. The van der Waals surface area contributed by atoms with E-state index >= 15 is 0 Å². The van der Waals surface area contributed by atoms with E-state index in [4.69, 9.17) is 11.7 Å². The Balaban J connectivity index is 1.43. The fourth-order valence-electron chi connectivity index (χ4n) is 4.38. The number of hydrogen-bond donors (Lipinski definition) is 1. The average Bonchev–Trinajstić information content (AvgIpc) is 3.47. The number of allylic oxidation sites excluding steroid dienone is 4. The van der Waals surface area contributed by atoms with Gasteiger partial charge in [-0.1, -0.05) is 85.0 Å². The predicted molar refractivity (Wildman–Crippen MR) is 154 cm³/mol. The zero-order valence-corrected chi connectivity index (χ0v) is 21.0. The fraction of sp³-hybridized carbons (Fsp3) is 0.0303. The lowest BCUT2D eigenvalue weighted by Crippen LogP contribution is -2.26. The predicted octanol–water partition coefficient (Wildman–Crippen LogP) is 6.49. The molecular formula is C33H24N4O2. The molecule has 6 nitrogen and oxygen atoms in total. The summed E-state index contributed by atoms with van der Waals surface area (Å²) in [5.74, 6) is -1.24. The Kier molecular flexibility index (Phi) is 7.52. The molecule has 39 heavy (non-hydrogen) atoms. The number of carbonyl (C=O) groups is 1. The number of benzene rings is 4. The maximum atomic E-state index is 10.9. The largest absolute Gasteiger partial charge is 0.486 e. The van der Waals surface area contributed by atoms with Crippen LogP contribution in [-0.4, -0.2) is 17.7 Å². The molecule has 1 aliphatic heterocycles. The third-order valence-corrected chi connectivity index (χ3v) is 6.20. The van der Waals surface area contributed by atoms with Gasteiger partial charge in [-0.2, -0.15) is 0 Å². The van der Waals surface area contributed by atoms with Gasteiger partial charge < -0.3 is 10.0 Å². The summed E-state index contributed by atoms with van der Waals surface area (Å²) in [5.41, 5.74) is 5.88. The van der Waals surface area contributed by atoms with Crippen molar-refractivity contribution in [2.75, 3.05) is 11.6 Å². The van der Waals surface area contributed by atoms with Gasteiger partial charge in [0, 0.05) is 28.2 Å². The second-order valence-corrected chi connectivity index (χ2v) is 8.62. The van der Waals surface area contributed by atoms with Crippen LogP contribution in [-0.2, 0) is 4.79 Å². The highest BCUT2D eigenvalue weighted by Gasteiger charge is 2.13. The molecule has 0 saturated carbocycles. The van der Waals surface area contributed by atoms with E-state index in [-0.39, 0.29) is 5.70 Å². The third-order valence-electron chi connectivity index (χ3n) is 6.20. The Labute approximate surface area is 226 Å². The zero-order chi connectivity index (χ0) is 27.0. The first kappa shape index (κ1) is 25.1. The molecule has 0 spiro atoms. The molecule has 0 aliphatic carbocycles. The van der Waals surface area contributed by atoms with Crippen molar-refractivity contribution in [2.45, 2.75) is 0 Å². The molecule has 0 bridgehead atoms. The first-order chi connectivity index (χ1) is 19.2. The molecule has 0 radical (unpaired) electrons. The van der Waals surface area contributed by atoms with Crippen molar-refractivity contribution in [3.63, 3.8) is 0 Å². The number of aliphatic carboxylic acids is 1. The van der Waals surface area contributed by atoms with Crippen LogP contribution in [0.5, 0.6) is 0 Å². The highest BCUT2D eigenvalue weighted by Crippen LogP contribution is 2.34. The van der Waals surface area contributed by atoms with Gasteiger partial charge in [-0.3, -0.25) is 14.8 Å². The second-order valence-electron chi connectivity index (χ2n) is 8.62. The average molecular weight is 509 g/mol. The molecule has 6 heteroatoms. The van der Waals surface area contributed by atoms with Gasteiger partial charge in [0.1, 0.15) is 6.67 Å². The Bertz CT molecular complexity index is 1710. The minimum Gasteiger partial charge on any atom is -0.486 e. The van der Waals surface area contributed by atoms with Crippen molar-refractivity contribution in [1.82, 2.24) is 0 Å². The Morgan fingerprint density at radius 3 is 2.00 bits per heavy atom. The number of para-hydroxylation sites is 2. The van der Waals surface area contributed by atoms with Crippen LogP contribution in [0.4, 0.5) is 17.1 Å². The highest BCUT2D eigenvalue weighted by atomic mass is 16.4. The van der Waals surface area contributed by atoms with Gasteiger partial charge in [0.2, 0.25) is 0 Å². The van der Waals surface area contributed by atoms with Crippen LogP contribution in [0.15, 0.2) is 137 Å². The van der Waals surface area contributed by atoms with Gasteiger partial charge in [0.25, 0.3) is 5.70 Å². The molecule has 1 N–H and O–H groups in total.